The molecule has 2 aliphatic rings. The van der Waals surface area contributed by atoms with Crippen molar-refractivity contribution in [2.45, 2.75) is 71.6 Å². The maximum atomic E-state index is 4.01. The average Bonchev–Trinajstić information content (AvgIpc) is 2.71. The van der Waals surface area contributed by atoms with Crippen LogP contribution < -0.4 is 0 Å². The Morgan fingerprint density at radius 2 is 2.21 bits per heavy atom. The normalized spacial score (nSPS) is 36.5. The molecule has 2 saturated carbocycles. The van der Waals surface area contributed by atoms with Crippen LogP contribution in [0.3, 0.4) is 0 Å². The van der Waals surface area contributed by atoms with Crippen molar-refractivity contribution in [2.24, 2.45) is 17.3 Å². The highest BCUT2D eigenvalue weighted by atomic mass is 79.9. The zero-order valence-corrected chi connectivity index (χ0v) is 14.3. The number of hydrogen-bond acceptors (Lipinski definition) is 0. The second-order valence-electron chi connectivity index (χ2n) is 7.07. The summed E-state index contributed by atoms with van der Waals surface area (Å²) >= 11 is 3.60. The van der Waals surface area contributed by atoms with Gasteiger partial charge in [-0.25, -0.2) is 0 Å². The zero-order chi connectivity index (χ0) is 13.9. The summed E-state index contributed by atoms with van der Waals surface area (Å²) in [6, 6.07) is 0. The number of unbranched alkanes of at least 4 members (excludes halogenated alkanes) is 1. The Hall–Kier alpha value is -0.0400. The molecule has 0 aromatic heterocycles. The molecule has 0 heterocycles. The molecule has 108 valence electrons. The minimum absolute atomic E-state index is 0.598. The van der Waals surface area contributed by atoms with E-state index in [4.69, 9.17) is 0 Å². The molecule has 0 N–H and O–H groups in total. The predicted molar refractivity (Wildman–Crippen MR) is 88.5 cm³/mol. The maximum Gasteiger partial charge on any atom is -0.0138 e. The minimum Gasteiger partial charge on any atom is -0.100 e. The molecule has 0 spiro atoms. The smallest absolute Gasteiger partial charge is 0.0138 e. The van der Waals surface area contributed by atoms with Gasteiger partial charge in [0.25, 0.3) is 0 Å². The fraction of sp³-hybridized carbons (Fsp3) is 0.778. The van der Waals surface area contributed by atoms with Crippen molar-refractivity contribution < 1.29 is 0 Å². The third kappa shape index (κ3) is 3.35. The molecule has 0 aliphatic heterocycles. The molecule has 2 aliphatic carbocycles. The van der Waals surface area contributed by atoms with E-state index in [2.05, 4.69) is 41.3 Å². The Balaban J connectivity index is 1.91. The van der Waals surface area contributed by atoms with Crippen molar-refractivity contribution in [3.63, 3.8) is 0 Å². The van der Waals surface area contributed by atoms with Gasteiger partial charge in [0.05, 0.1) is 0 Å². The van der Waals surface area contributed by atoms with Gasteiger partial charge in [-0.15, -0.1) is 6.58 Å². The van der Waals surface area contributed by atoms with Crippen LogP contribution in [0.25, 0.3) is 0 Å². The van der Waals surface area contributed by atoms with Crippen LogP contribution in [0.1, 0.15) is 71.6 Å². The van der Waals surface area contributed by atoms with E-state index in [0.717, 1.165) is 11.8 Å². The Labute approximate surface area is 127 Å². The van der Waals surface area contributed by atoms with Crippen LogP contribution in [-0.4, -0.2) is 0 Å². The van der Waals surface area contributed by atoms with Gasteiger partial charge in [-0.2, -0.15) is 0 Å². The van der Waals surface area contributed by atoms with E-state index >= 15 is 0 Å². The van der Waals surface area contributed by atoms with E-state index in [9.17, 15) is 0 Å². The van der Waals surface area contributed by atoms with E-state index in [0.29, 0.717) is 5.41 Å². The van der Waals surface area contributed by atoms with E-state index in [-0.39, 0.29) is 0 Å². The molecule has 3 unspecified atom stereocenters. The first-order chi connectivity index (χ1) is 9.08. The summed E-state index contributed by atoms with van der Waals surface area (Å²) in [5.41, 5.74) is 3.64. The van der Waals surface area contributed by atoms with Crippen molar-refractivity contribution in [1.82, 2.24) is 0 Å². The molecule has 0 bridgehead atoms. The van der Waals surface area contributed by atoms with Gasteiger partial charge in [-0.3, -0.25) is 0 Å². The van der Waals surface area contributed by atoms with Crippen LogP contribution in [0.2, 0.25) is 0 Å². The van der Waals surface area contributed by atoms with Crippen molar-refractivity contribution in [1.29, 1.82) is 0 Å². The first-order valence-electron chi connectivity index (χ1n) is 8.01. The van der Waals surface area contributed by atoms with Crippen LogP contribution in [0.15, 0.2) is 22.7 Å². The molecule has 0 nitrogen and oxygen atoms in total. The monoisotopic (exact) mass is 324 g/mol. The van der Waals surface area contributed by atoms with E-state index in [1.54, 1.807) is 5.57 Å². The first kappa shape index (κ1) is 15.4. The Bertz CT molecular complexity index is 355. The molecule has 0 aromatic rings. The first-order valence-corrected chi connectivity index (χ1v) is 8.93. The highest BCUT2D eigenvalue weighted by molar-refractivity contribution is 9.11. The second-order valence-corrected chi connectivity index (χ2v) is 7.53. The summed E-state index contributed by atoms with van der Waals surface area (Å²) in [6.45, 7) is 8.74. The van der Waals surface area contributed by atoms with E-state index in [1.165, 1.54) is 63.4 Å². The molecule has 0 amide bonds. The number of rotatable bonds is 5. The molecular weight excluding hydrogens is 296 g/mol. The highest BCUT2D eigenvalue weighted by Crippen LogP contribution is 2.58. The summed E-state index contributed by atoms with van der Waals surface area (Å²) in [4.78, 5) is 2.23. The van der Waals surface area contributed by atoms with Crippen molar-refractivity contribution >= 4 is 15.9 Å². The summed E-state index contributed by atoms with van der Waals surface area (Å²) < 4.78 is 0. The third-order valence-corrected chi connectivity index (χ3v) is 6.30. The van der Waals surface area contributed by atoms with Crippen LogP contribution in [0.4, 0.5) is 0 Å². The van der Waals surface area contributed by atoms with E-state index < -0.39 is 0 Å². The minimum atomic E-state index is 0.598. The van der Waals surface area contributed by atoms with E-state index in [1.807, 2.05) is 0 Å². The number of hydrogen-bond donors (Lipinski definition) is 0. The van der Waals surface area contributed by atoms with Gasteiger partial charge in [0, 0.05) is 0 Å². The van der Waals surface area contributed by atoms with Gasteiger partial charge in [-0.1, -0.05) is 40.4 Å². The van der Waals surface area contributed by atoms with Crippen LogP contribution >= 0.6 is 15.9 Å². The lowest BCUT2D eigenvalue weighted by Crippen LogP contribution is -2.33. The molecule has 3 atom stereocenters. The lowest BCUT2D eigenvalue weighted by atomic mass is 9.63. The number of halogens is 1. The standard InChI is InChI=1S/C18H29Br/c1-14(2)7-4-5-9-16-10-11-17-15(13-19)8-6-12-18(16,17)3/h13,16-17H,1,4-12H2,2-3H3/b15-13+. The summed E-state index contributed by atoms with van der Waals surface area (Å²) in [6.07, 6.45) is 12.5. The van der Waals surface area contributed by atoms with Crippen molar-refractivity contribution in [3.05, 3.63) is 22.7 Å². The van der Waals surface area contributed by atoms with Gasteiger partial charge >= 0.3 is 0 Å². The van der Waals surface area contributed by atoms with Crippen LogP contribution in [-0.2, 0) is 0 Å². The van der Waals surface area contributed by atoms with Gasteiger partial charge in [0.2, 0.25) is 0 Å². The quantitative estimate of drug-likeness (QED) is 0.394. The fourth-order valence-electron chi connectivity index (χ4n) is 4.57. The fourth-order valence-corrected chi connectivity index (χ4v) is 5.12. The maximum absolute atomic E-state index is 4.01. The van der Waals surface area contributed by atoms with Gasteiger partial charge in [0.1, 0.15) is 0 Å². The molecule has 0 aromatic carbocycles. The third-order valence-electron chi connectivity index (χ3n) is 5.71. The summed E-state index contributed by atoms with van der Waals surface area (Å²) in [5, 5.41) is 0. The van der Waals surface area contributed by atoms with Gasteiger partial charge < -0.3 is 0 Å². The topological polar surface area (TPSA) is 0 Å². The Kier molecular flexibility index (Phi) is 5.34. The van der Waals surface area contributed by atoms with Crippen LogP contribution in [0.5, 0.6) is 0 Å². The Morgan fingerprint density at radius 1 is 1.42 bits per heavy atom. The molecule has 0 saturated heterocycles. The average molecular weight is 325 g/mol. The zero-order valence-electron chi connectivity index (χ0n) is 12.7. The molecular formula is C18H29Br. The number of fused-ring (bicyclic) bond motifs is 1. The summed E-state index contributed by atoms with van der Waals surface area (Å²) in [7, 11) is 0. The van der Waals surface area contributed by atoms with Crippen LogP contribution in [0, 0.1) is 17.3 Å². The lowest BCUT2D eigenvalue weighted by Gasteiger charge is -2.42. The molecule has 19 heavy (non-hydrogen) atoms. The highest BCUT2D eigenvalue weighted by Gasteiger charge is 2.48. The number of allylic oxidation sites excluding steroid dienone is 2. The SMILES string of the molecule is C=C(C)CCCCC1CCC2/C(=C/Br)CCCC12C. The van der Waals surface area contributed by atoms with Gasteiger partial charge in [-0.05, 0) is 80.5 Å². The van der Waals surface area contributed by atoms with Crippen molar-refractivity contribution in [2.75, 3.05) is 0 Å². The molecule has 2 fully saturated rings. The predicted octanol–water partition coefficient (Wildman–Crippen LogP) is 6.62. The molecule has 2 rings (SSSR count). The Morgan fingerprint density at radius 3 is 2.89 bits per heavy atom. The molecule has 0 radical (unpaired) electrons. The lowest BCUT2D eigenvalue weighted by molar-refractivity contribution is 0.127. The summed E-state index contributed by atoms with van der Waals surface area (Å²) in [5.74, 6) is 1.83. The molecule has 1 heteroatoms. The van der Waals surface area contributed by atoms with Gasteiger partial charge in [0.15, 0.2) is 0 Å². The largest absolute Gasteiger partial charge is 0.100 e. The van der Waals surface area contributed by atoms with Crippen molar-refractivity contribution in [3.8, 4) is 0 Å². The second kappa shape index (κ2) is 6.61.